The smallest absolute Gasteiger partial charge is 0.0438 e. The van der Waals surface area contributed by atoms with Crippen molar-refractivity contribution in [3.8, 4) is 11.1 Å². The van der Waals surface area contributed by atoms with Gasteiger partial charge >= 0.3 is 0 Å². The van der Waals surface area contributed by atoms with Gasteiger partial charge in [-0.05, 0) is 35.7 Å². The lowest BCUT2D eigenvalue weighted by atomic mass is 10.0. The molecule has 0 N–H and O–H groups in total. The molecule has 0 aliphatic rings. The summed E-state index contributed by atoms with van der Waals surface area (Å²) in [5.74, 6) is 0. The second kappa shape index (κ2) is 3.85. The van der Waals surface area contributed by atoms with Crippen molar-refractivity contribution in [1.82, 2.24) is 0 Å². The third-order valence-corrected chi connectivity index (χ3v) is 2.52. The average Bonchev–Trinajstić information content (AvgIpc) is 2.23. The third-order valence-electron chi connectivity index (χ3n) is 2.15. The fourth-order valence-electron chi connectivity index (χ4n) is 1.38. The van der Waals surface area contributed by atoms with E-state index in [1.54, 1.807) is 0 Å². The van der Waals surface area contributed by atoms with Crippen molar-refractivity contribution in [3.05, 3.63) is 66.0 Å². The Hall–Kier alpha value is -1.27. The topological polar surface area (TPSA) is 0 Å². The predicted octanol–water partition coefficient (Wildman–Crippen LogP) is 4.19. The van der Waals surface area contributed by atoms with E-state index in [2.05, 4.69) is 19.1 Å². The first-order valence-electron chi connectivity index (χ1n) is 4.44. The van der Waals surface area contributed by atoms with Crippen LogP contribution in [0, 0.1) is 6.92 Å². The first kappa shape index (κ1) is 9.29. The van der Waals surface area contributed by atoms with Crippen molar-refractivity contribution < 1.29 is 0 Å². The Morgan fingerprint density at radius 3 is 2.21 bits per heavy atom. The third kappa shape index (κ3) is 1.80. The minimum absolute atomic E-state index is 0.713. The molecule has 0 spiro atoms. The van der Waals surface area contributed by atoms with Crippen molar-refractivity contribution in [3.63, 3.8) is 0 Å². The summed E-state index contributed by atoms with van der Waals surface area (Å²) in [5, 5.41) is 0.713. The molecule has 2 aromatic rings. The SMILES string of the molecule is [CH2]c1cc(-c2ccccc2)ccc1Cl. The second-order valence-electron chi connectivity index (χ2n) is 3.17. The molecule has 0 aliphatic heterocycles. The zero-order valence-electron chi connectivity index (χ0n) is 7.70. The van der Waals surface area contributed by atoms with E-state index < -0.39 is 0 Å². The zero-order valence-corrected chi connectivity index (χ0v) is 8.46. The number of hydrogen-bond donors (Lipinski definition) is 0. The molecule has 0 nitrogen and oxygen atoms in total. The monoisotopic (exact) mass is 201 g/mol. The number of rotatable bonds is 1. The largest absolute Gasteiger partial charge is 0.0840 e. The molecule has 2 rings (SSSR count). The van der Waals surface area contributed by atoms with Gasteiger partial charge in [0, 0.05) is 5.02 Å². The molecule has 1 heteroatoms. The molecule has 0 aliphatic carbocycles. The van der Waals surface area contributed by atoms with Crippen LogP contribution in [0.3, 0.4) is 0 Å². The fourth-order valence-corrected chi connectivity index (χ4v) is 1.50. The molecule has 0 fully saturated rings. The van der Waals surface area contributed by atoms with E-state index in [0.29, 0.717) is 5.02 Å². The molecule has 0 saturated carbocycles. The van der Waals surface area contributed by atoms with E-state index in [-0.39, 0.29) is 0 Å². The maximum Gasteiger partial charge on any atom is 0.0438 e. The number of halogens is 1. The number of benzene rings is 2. The average molecular weight is 202 g/mol. The molecule has 0 bridgehead atoms. The Morgan fingerprint density at radius 1 is 0.857 bits per heavy atom. The molecule has 0 unspecified atom stereocenters. The maximum atomic E-state index is 5.91. The van der Waals surface area contributed by atoms with Crippen LogP contribution in [0.25, 0.3) is 11.1 Å². The van der Waals surface area contributed by atoms with E-state index in [1.807, 2.05) is 36.4 Å². The van der Waals surface area contributed by atoms with Crippen LogP contribution in [0.1, 0.15) is 5.56 Å². The van der Waals surface area contributed by atoms with Gasteiger partial charge in [-0.2, -0.15) is 0 Å². The molecule has 0 amide bonds. The molecule has 69 valence electrons. The molecule has 14 heavy (non-hydrogen) atoms. The van der Waals surface area contributed by atoms with E-state index in [9.17, 15) is 0 Å². The quantitative estimate of drug-likeness (QED) is 0.649. The number of hydrogen-bond acceptors (Lipinski definition) is 0. The van der Waals surface area contributed by atoms with Crippen molar-refractivity contribution >= 4 is 11.6 Å². The Kier molecular flexibility index (Phi) is 2.55. The van der Waals surface area contributed by atoms with Gasteiger partial charge in [-0.3, -0.25) is 0 Å². The molecular weight excluding hydrogens is 192 g/mol. The highest BCUT2D eigenvalue weighted by atomic mass is 35.5. The standard InChI is InChI=1S/C13H10Cl/c1-10-9-12(7-8-13(10)14)11-5-3-2-4-6-11/h2-9H,1H2. The first-order valence-corrected chi connectivity index (χ1v) is 4.82. The molecule has 0 saturated heterocycles. The lowest BCUT2D eigenvalue weighted by Crippen LogP contribution is -1.79. The van der Waals surface area contributed by atoms with Gasteiger partial charge in [-0.25, -0.2) is 0 Å². The van der Waals surface area contributed by atoms with Gasteiger partial charge in [0.05, 0.1) is 0 Å². The lowest BCUT2D eigenvalue weighted by Gasteiger charge is -2.03. The molecule has 0 heterocycles. The molecular formula is C13H10Cl. The van der Waals surface area contributed by atoms with Crippen molar-refractivity contribution in [2.45, 2.75) is 0 Å². The first-order chi connectivity index (χ1) is 6.77. The second-order valence-corrected chi connectivity index (χ2v) is 3.58. The minimum Gasteiger partial charge on any atom is -0.0840 e. The highest BCUT2D eigenvalue weighted by Gasteiger charge is 1.99. The van der Waals surface area contributed by atoms with Crippen LogP contribution in [0.15, 0.2) is 48.5 Å². The summed E-state index contributed by atoms with van der Waals surface area (Å²) in [4.78, 5) is 0. The van der Waals surface area contributed by atoms with Gasteiger partial charge < -0.3 is 0 Å². The Labute approximate surface area is 89.2 Å². The lowest BCUT2D eigenvalue weighted by molar-refractivity contribution is 1.57. The van der Waals surface area contributed by atoms with Crippen LogP contribution in [0.5, 0.6) is 0 Å². The van der Waals surface area contributed by atoms with Crippen LogP contribution in [-0.4, -0.2) is 0 Å². The summed E-state index contributed by atoms with van der Waals surface area (Å²) in [7, 11) is 0. The maximum absolute atomic E-state index is 5.91. The van der Waals surface area contributed by atoms with Crippen molar-refractivity contribution in [2.24, 2.45) is 0 Å². The molecule has 0 aromatic heterocycles. The highest BCUT2D eigenvalue weighted by molar-refractivity contribution is 6.31. The van der Waals surface area contributed by atoms with Crippen molar-refractivity contribution in [2.75, 3.05) is 0 Å². The summed E-state index contributed by atoms with van der Waals surface area (Å²) in [5.41, 5.74) is 3.21. The van der Waals surface area contributed by atoms with Gasteiger partial charge in [0.25, 0.3) is 0 Å². The van der Waals surface area contributed by atoms with Crippen molar-refractivity contribution in [1.29, 1.82) is 0 Å². The normalized spacial score (nSPS) is 10.1. The van der Waals surface area contributed by atoms with E-state index in [4.69, 9.17) is 11.6 Å². The molecule has 0 atom stereocenters. The Bertz CT molecular complexity index is 432. The molecule has 1 radical (unpaired) electrons. The van der Waals surface area contributed by atoms with E-state index in [1.165, 1.54) is 5.56 Å². The summed E-state index contributed by atoms with van der Waals surface area (Å²) in [6.45, 7) is 3.87. The minimum atomic E-state index is 0.713. The van der Waals surface area contributed by atoms with Crippen LogP contribution in [-0.2, 0) is 0 Å². The summed E-state index contributed by atoms with van der Waals surface area (Å²) in [6.07, 6.45) is 0. The summed E-state index contributed by atoms with van der Waals surface area (Å²) >= 11 is 5.91. The van der Waals surface area contributed by atoms with Gasteiger partial charge in [-0.1, -0.05) is 48.0 Å². The van der Waals surface area contributed by atoms with Gasteiger partial charge in [-0.15, -0.1) is 0 Å². The van der Waals surface area contributed by atoms with Crippen LogP contribution in [0.2, 0.25) is 5.02 Å². The van der Waals surface area contributed by atoms with Crippen LogP contribution >= 0.6 is 11.6 Å². The predicted molar refractivity (Wildman–Crippen MR) is 61.3 cm³/mol. The van der Waals surface area contributed by atoms with E-state index >= 15 is 0 Å². The van der Waals surface area contributed by atoms with Gasteiger partial charge in [0.2, 0.25) is 0 Å². The van der Waals surface area contributed by atoms with Gasteiger partial charge in [0.15, 0.2) is 0 Å². The molecule has 2 aromatic carbocycles. The summed E-state index contributed by atoms with van der Waals surface area (Å²) in [6, 6.07) is 16.1. The van der Waals surface area contributed by atoms with E-state index in [0.717, 1.165) is 11.1 Å². The van der Waals surface area contributed by atoms with Gasteiger partial charge in [0.1, 0.15) is 0 Å². The fraction of sp³-hybridized carbons (Fsp3) is 0. The Balaban J connectivity index is 2.48. The highest BCUT2D eigenvalue weighted by Crippen LogP contribution is 2.24. The summed E-state index contributed by atoms with van der Waals surface area (Å²) < 4.78 is 0. The van der Waals surface area contributed by atoms with Crippen LogP contribution in [0.4, 0.5) is 0 Å². The van der Waals surface area contributed by atoms with Crippen LogP contribution < -0.4 is 0 Å². The zero-order chi connectivity index (χ0) is 9.97. The Morgan fingerprint density at radius 2 is 1.57 bits per heavy atom.